The molecule has 30 heavy (non-hydrogen) atoms. The van der Waals surface area contributed by atoms with Gasteiger partial charge in [0.2, 0.25) is 11.6 Å². The van der Waals surface area contributed by atoms with Gasteiger partial charge in [-0.3, -0.25) is 19.4 Å². The molecule has 1 aliphatic carbocycles. The number of nitrogens with zero attached hydrogens (tertiary/aromatic N) is 2. The summed E-state index contributed by atoms with van der Waals surface area (Å²) in [6.07, 6.45) is 1.15. The zero-order valence-electron chi connectivity index (χ0n) is 17.1. The first-order valence-electron chi connectivity index (χ1n) is 10.5. The van der Waals surface area contributed by atoms with Crippen molar-refractivity contribution in [2.45, 2.75) is 25.0 Å². The Morgan fingerprint density at radius 1 is 0.833 bits per heavy atom. The number of carbonyl (C=O) groups is 2. The molecule has 0 aromatic heterocycles. The first-order chi connectivity index (χ1) is 14.7. The molecule has 2 atom stereocenters. The van der Waals surface area contributed by atoms with Gasteiger partial charge < -0.3 is 10.6 Å². The van der Waals surface area contributed by atoms with E-state index in [0.717, 1.165) is 26.1 Å². The van der Waals surface area contributed by atoms with Crippen LogP contribution < -0.4 is 10.6 Å². The number of rotatable bonds is 6. The van der Waals surface area contributed by atoms with E-state index >= 15 is 0 Å². The van der Waals surface area contributed by atoms with Gasteiger partial charge in [0, 0.05) is 49.9 Å². The van der Waals surface area contributed by atoms with E-state index in [2.05, 4.69) is 50.8 Å². The van der Waals surface area contributed by atoms with Crippen LogP contribution in [0.15, 0.2) is 66.0 Å². The predicted molar refractivity (Wildman–Crippen MR) is 115 cm³/mol. The average molecular weight is 402 g/mol. The Morgan fingerprint density at radius 3 is 2.07 bits per heavy atom. The molecule has 2 fully saturated rings. The van der Waals surface area contributed by atoms with Gasteiger partial charge in [-0.25, -0.2) is 0 Å². The Kier molecular flexibility index (Phi) is 4.89. The molecule has 2 aliphatic heterocycles. The second kappa shape index (κ2) is 7.70. The van der Waals surface area contributed by atoms with Crippen molar-refractivity contribution in [3.8, 4) is 0 Å². The summed E-state index contributed by atoms with van der Waals surface area (Å²) in [6.45, 7) is 3.57. The number of ketones is 2. The highest BCUT2D eigenvalue weighted by atomic mass is 16.1. The lowest BCUT2D eigenvalue weighted by Crippen LogP contribution is -2.49. The van der Waals surface area contributed by atoms with Crippen molar-refractivity contribution in [1.29, 1.82) is 0 Å². The number of hydrogen-bond acceptors (Lipinski definition) is 6. The van der Waals surface area contributed by atoms with Gasteiger partial charge in [-0.15, -0.1) is 0 Å². The number of benzene rings is 2. The molecular formula is C24H26N4O2. The van der Waals surface area contributed by atoms with Crippen molar-refractivity contribution in [2.75, 3.05) is 26.8 Å². The molecular weight excluding hydrogens is 376 g/mol. The molecule has 154 valence electrons. The summed E-state index contributed by atoms with van der Waals surface area (Å²) in [6, 6.07) is 18.6. The van der Waals surface area contributed by atoms with Crippen LogP contribution in [0.3, 0.4) is 0 Å². The van der Waals surface area contributed by atoms with Gasteiger partial charge >= 0.3 is 0 Å². The average Bonchev–Trinajstić information content (AvgIpc) is 3.36. The van der Waals surface area contributed by atoms with Crippen LogP contribution in [0.1, 0.15) is 32.7 Å². The van der Waals surface area contributed by atoms with Crippen LogP contribution in [0.25, 0.3) is 0 Å². The van der Waals surface area contributed by atoms with Crippen molar-refractivity contribution in [2.24, 2.45) is 0 Å². The van der Waals surface area contributed by atoms with Gasteiger partial charge in [0.1, 0.15) is 11.4 Å². The van der Waals surface area contributed by atoms with Gasteiger partial charge in [0.15, 0.2) is 0 Å². The predicted octanol–water partition coefficient (Wildman–Crippen LogP) is 2.00. The zero-order valence-corrected chi connectivity index (χ0v) is 17.1. The summed E-state index contributed by atoms with van der Waals surface area (Å²) in [5.74, 6) is -0.253. The number of carbonyl (C=O) groups excluding carboxylic acids is 2. The van der Waals surface area contributed by atoms with Crippen molar-refractivity contribution < 1.29 is 9.59 Å². The lowest BCUT2D eigenvalue weighted by atomic mass is 9.90. The van der Waals surface area contributed by atoms with Gasteiger partial charge in [-0.2, -0.15) is 0 Å². The summed E-state index contributed by atoms with van der Waals surface area (Å²) < 4.78 is 0. The summed E-state index contributed by atoms with van der Waals surface area (Å²) >= 11 is 0. The molecule has 3 aliphatic rings. The van der Waals surface area contributed by atoms with Gasteiger partial charge in [0.25, 0.3) is 0 Å². The third kappa shape index (κ3) is 3.22. The van der Waals surface area contributed by atoms with E-state index in [4.69, 9.17) is 0 Å². The van der Waals surface area contributed by atoms with E-state index < -0.39 is 0 Å². The number of Topliss-reactive ketones (excluding diaryl/α,β-unsaturated/α-hetero) is 2. The van der Waals surface area contributed by atoms with E-state index in [1.54, 1.807) is 31.3 Å². The highest BCUT2D eigenvalue weighted by molar-refractivity contribution is 6.26. The van der Waals surface area contributed by atoms with Crippen LogP contribution in [-0.4, -0.2) is 60.3 Å². The zero-order chi connectivity index (χ0) is 20.7. The number of hydrogen-bond donors (Lipinski definition) is 2. The van der Waals surface area contributed by atoms with Crippen LogP contribution in [0.5, 0.6) is 0 Å². The number of nitrogens with one attached hydrogen (secondary N) is 2. The minimum absolute atomic E-state index is 0.121. The van der Waals surface area contributed by atoms with Crippen LogP contribution in [0.2, 0.25) is 0 Å². The summed E-state index contributed by atoms with van der Waals surface area (Å²) in [4.78, 5) is 30.8. The third-order valence-electron chi connectivity index (χ3n) is 6.53. The highest BCUT2D eigenvalue weighted by Crippen LogP contribution is 2.31. The Morgan fingerprint density at radius 2 is 1.43 bits per heavy atom. The summed E-state index contributed by atoms with van der Waals surface area (Å²) in [7, 11) is 1.69. The molecule has 2 bridgehead atoms. The lowest BCUT2D eigenvalue weighted by Gasteiger charge is -2.35. The molecule has 0 saturated carbocycles. The van der Waals surface area contributed by atoms with Gasteiger partial charge in [0.05, 0.1) is 6.67 Å². The minimum atomic E-state index is -0.132. The number of allylic oxidation sites excluding steroid dienone is 2. The van der Waals surface area contributed by atoms with Gasteiger partial charge in [-0.05, 0) is 12.0 Å². The fraction of sp³-hybridized carbons (Fsp3) is 0.333. The van der Waals surface area contributed by atoms with Crippen LogP contribution in [0, 0.1) is 0 Å². The highest BCUT2D eigenvalue weighted by Gasteiger charge is 2.43. The summed E-state index contributed by atoms with van der Waals surface area (Å²) in [5.41, 5.74) is 3.03. The van der Waals surface area contributed by atoms with E-state index in [9.17, 15) is 9.59 Å². The molecule has 6 heteroatoms. The first-order valence-corrected chi connectivity index (χ1v) is 10.5. The SMILES string of the molecule is CNC1=C(NCN2CC3CC2CN3Cc2ccccc2)C(=O)c2ccccc2C1=O. The molecule has 0 spiro atoms. The first kappa shape index (κ1) is 19.0. The minimum Gasteiger partial charge on any atom is -0.383 e. The normalized spacial score (nSPS) is 23.8. The largest absolute Gasteiger partial charge is 0.383 e. The van der Waals surface area contributed by atoms with Gasteiger partial charge in [-0.1, -0.05) is 54.6 Å². The Balaban J connectivity index is 1.25. The molecule has 2 heterocycles. The second-order valence-electron chi connectivity index (χ2n) is 8.27. The molecule has 2 aromatic carbocycles. The van der Waals surface area contributed by atoms with Crippen molar-refractivity contribution in [1.82, 2.24) is 20.4 Å². The maximum absolute atomic E-state index is 13.0. The maximum Gasteiger partial charge on any atom is 0.211 e. The second-order valence-corrected chi connectivity index (χ2v) is 8.27. The van der Waals surface area contributed by atoms with Crippen molar-refractivity contribution >= 4 is 11.6 Å². The number of likely N-dealkylation sites (tertiary alicyclic amines) is 2. The monoisotopic (exact) mass is 402 g/mol. The number of fused-ring (bicyclic) bond motifs is 3. The quantitative estimate of drug-likeness (QED) is 0.771. The maximum atomic E-state index is 13.0. The molecule has 2 aromatic rings. The van der Waals surface area contributed by atoms with E-state index in [1.165, 1.54) is 5.56 Å². The van der Waals surface area contributed by atoms with E-state index in [-0.39, 0.29) is 11.6 Å². The van der Waals surface area contributed by atoms with E-state index in [1.807, 2.05) is 0 Å². The third-order valence-corrected chi connectivity index (χ3v) is 6.53. The topological polar surface area (TPSA) is 64.7 Å². The molecule has 6 nitrogen and oxygen atoms in total. The number of piperazine rings is 1. The van der Waals surface area contributed by atoms with E-state index in [0.29, 0.717) is 41.3 Å². The molecule has 2 unspecified atom stereocenters. The van der Waals surface area contributed by atoms with Crippen molar-refractivity contribution in [3.05, 3.63) is 82.7 Å². The Bertz CT molecular complexity index is 1020. The lowest BCUT2D eigenvalue weighted by molar-refractivity contribution is 0.0947. The fourth-order valence-corrected chi connectivity index (χ4v) is 5.00. The smallest absolute Gasteiger partial charge is 0.211 e. The number of likely N-dealkylation sites (N-methyl/N-ethyl adjacent to an activating group) is 1. The molecule has 0 radical (unpaired) electrons. The summed E-state index contributed by atoms with van der Waals surface area (Å²) in [5, 5.41) is 6.23. The van der Waals surface area contributed by atoms with Crippen LogP contribution in [-0.2, 0) is 6.54 Å². The molecule has 2 N–H and O–H groups in total. The standard InChI is InChI=1S/C24H26N4O2/c1-25-21-22(24(30)20-10-6-5-9-19(20)23(21)29)26-15-28-14-17-11-18(28)13-27(17)12-16-7-3-2-4-8-16/h2-10,17-18,25-26H,11-15H2,1H3. The van der Waals surface area contributed by atoms with Crippen LogP contribution in [0.4, 0.5) is 0 Å². The van der Waals surface area contributed by atoms with Crippen LogP contribution >= 0.6 is 0 Å². The molecule has 0 amide bonds. The van der Waals surface area contributed by atoms with Crippen molar-refractivity contribution in [3.63, 3.8) is 0 Å². The Labute approximate surface area is 176 Å². The molecule has 5 rings (SSSR count). The fourth-order valence-electron chi connectivity index (χ4n) is 5.00. The molecule has 2 saturated heterocycles. The Hall–Kier alpha value is -2.96.